The van der Waals surface area contributed by atoms with Gasteiger partial charge in [-0.15, -0.1) is 11.6 Å². The lowest BCUT2D eigenvalue weighted by molar-refractivity contribution is -0.118. The molecule has 1 N–H and O–H groups in total. The van der Waals surface area contributed by atoms with Crippen molar-refractivity contribution >= 4 is 23.5 Å². The topological polar surface area (TPSA) is 64.6 Å². The van der Waals surface area contributed by atoms with Crippen molar-refractivity contribution < 1.29 is 19.1 Å². The fourth-order valence-corrected chi connectivity index (χ4v) is 1.34. The predicted molar refractivity (Wildman–Crippen MR) is 60.8 cm³/mol. The van der Waals surface area contributed by atoms with Crippen LogP contribution in [0.3, 0.4) is 0 Å². The van der Waals surface area contributed by atoms with Gasteiger partial charge in [0.25, 0.3) is 0 Å². The van der Waals surface area contributed by atoms with E-state index in [4.69, 9.17) is 21.1 Å². The van der Waals surface area contributed by atoms with Crippen LogP contribution in [-0.2, 0) is 14.3 Å². The van der Waals surface area contributed by atoms with E-state index in [1.807, 2.05) is 0 Å². The monoisotopic (exact) mass is 251 g/mol. The lowest BCUT2D eigenvalue weighted by Crippen LogP contribution is -2.41. The molecule has 94 valence electrons. The summed E-state index contributed by atoms with van der Waals surface area (Å²) >= 11 is 5.45. The Morgan fingerprint density at radius 3 is 2.62 bits per heavy atom. The summed E-state index contributed by atoms with van der Waals surface area (Å²) in [6.07, 6.45) is 0.581. The third-order valence-electron chi connectivity index (χ3n) is 1.93. The molecule has 0 fully saturated rings. The molecule has 0 aromatic carbocycles. The third-order valence-corrected chi connectivity index (χ3v) is 2.19. The normalized spacial score (nSPS) is 11.9. The highest BCUT2D eigenvalue weighted by Gasteiger charge is 2.19. The number of carbonyl (C=O) groups is 2. The molecule has 0 saturated carbocycles. The quantitative estimate of drug-likeness (QED) is 0.522. The summed E-state index contributed by atoms with van der Waals surface area (Å²) in [4.78, 5) is 22.5. The minimum absolute atomic E-state index is 0.121. The van der Waals surface area contributed by atoms with Gasteiger partial charge in [0.2, 0.25) is 0 Å². The van der Waals surface area contributed by atoms with Crippen LogP contribution < -0.4 is 5.32 Å². The van der Waals surface area contributed by atoms with E-state index in [0.717, 1.165) is 0 Å². The smallest absolute Gasteiger partial charge is 0.407 e. The molecule has 6 heteroatoms. The predicted octanol–water partition coefficient (Wildman–Crippen LogP) is 1.34. The third kappa shape index (κ3) is 6.63. The van der Waals surface area contributed by atoms with Gasteiger partial charge < -0.3 is 14.8 Å². The molecule has 0 aliphatic heterocycles. The number of rotatable bonds is 8. The van der Waals surface area contributed by atoms with Gasteiger partial charge >= 0.3 is 6.09 Å². The van der Waals surface area contributed by atoms with E-state index in [0.29, 0.717) is 19.4 Å². The van der Waals surface area contributed by atoms with Crippen molar-refractivity contribution in [2.75, 3.05) is 26.2 Å². The van der Waals surface area contributed by atoms with Crippen molar-refractivity contribution in [3.8, 4) is 0 Å². The molecule has 0 aromatic rings. The van der Waals surface area contributed by atoms with Gasteiger partial charge in [-0.25, -0.2) is 4.79 Å². The molecule has 0 heterocycles. The second kappa shape index (κ2) is 9.42. The molecule has 5 nitrogen and oxygen atoms in total. The minimum atomic E-state index is -0.594. The summed E-state index contributed by atoms with van der Waals surface area (Å²) in [6, 6.07) is -0.591. The summed E-state index contributed by atoms with van der Waals surface area (Å²) in [5, 5.41) is 2.48. The van der Waals surface area contributed by atoms with Gasteiger partial charge in [-0.3, -0.25) is 4.79 Å². The maximum absolute atomic E-state index is 11.4. The van der Waals surface area contributed by atoms with Crippen LogP contribution in [0.2, 0.25) is 0 Å². The van der Waals surface area contributed by atoms with Crippen LogP contribution in [0.1, 0.15) is 19.8 Å². The zero-order valence-corrected chi connectivity index (χ0v) is 10.4. The van der Waals surface area contributed by atoms with Gasteiger partial charge in [-0.2, -0.15) is 0 Å². The summed E-state index contributed by atoms with van der Waals surface area (Å²) in [5.74, 6) is -0.338. The molecule has 0 saturated heterocycles. The Bertz CT molecular complexity index is 223. The molecule has 1 unspecified atom stereocenters. The van der Waals surface area contributed by atoms with Crippen LogP contribution in [0.5, 0.6) is 0 Å². The number of halogens is 1. The highest BCUT2D eigenvalue weighted by Crippen LogP contribution is 2.01. The average molecular weight is 252 g/mol. The molecule has 0 aliphatic rings. The number of Topliss-reactive ketones (excluding diaryl/α,β-unsaturated/α-hetero) is 1. The summed E-state index contributed by atoms with van der Waals surface area (Å²) in [7, 11) is 1.58. The van der Waals surface area contributed by atoms with Crippen molar-refractivity contribution in [2.45, 2.75) is 25.8 Å². The summed E-state index contributed by atoms with van der Waals surface area (Å²) in [6.45, 7) is 2.51. The van der Waals surface area contributed by atoms with Gasteiger partial charge in [-0.1, -0.05) is 0 Å². The van der Waals surface area contributed by atoms with Crippen molar-refractivity contribution in [1.29, 1.82) is 0 Å². The SMILES string of the molecule is CCOC(=O)NC(CCCOC)C(=O)CCl. The van der Waals surface area contributed by atoms with E-state index in [-0.39, 0.29) is 18.3 Å². The van der Waals surface area contributed by atoms with E-state index in [1.54, 1.807) is 14.0 Å². The molecule has 0 bridgehead atoms. The summed E-state index contributed by atoms with van der Waals surface area (Å²) in [5.41, 5.74) is 0. The Morgan fingerprint density at radius 1 is 1.44 bits per heavy atom. The number of alkyl carbamates (subject to hydrolysis) is 1. The highest BCUT2D eigenvalue weighted by molar-refractivity contribution is 6.28. The van der Waals surface area contributed by atoms with Crippen LogP contribution in [-0.4, -0.2) is 44.1 Å². The largest absolute Gasteiger partial charge is 0.450 e. The number of hydrogen-bond donors (Lipinski definition) is 1. The number of ketones is 1. The molecule has 1 atom stereocenters. The maximum atomic E-state index is 11.4. The zero-order valence-electron chi connectivity index (χ0n) is 9.62. The van der Waals surface area contributed by atoms with Crippen molar-refractivity contribution in [3.05, 3.63) is 0 Å². The van der Waals surface area contributed by atoms with Gasteiger partial charge in [0.15, 0.2) is 5.78 Å². The van der Waals surface area contributed by atoms with Gasteiger partial charge in [0, 0.05) is 13.7 Å². The average Bonchev–Trinajstić information content (AvgIpc) is 2.27. The van der Waals surface area contributed by atoms with E-state index >= 15 is 0 Å². The lowest BCUT2D eigenvalue weighted by atomic mass is 10.1. The number of hydrogen-bond acceptors (Lipinski definition) is 4. The molecule has 0 rings (SSSR count). The maximum Gasteiger partial charge on any atom is 0.407 e. The van der Waals surface area contributed by atoms with Crippen LogP contribution in [0.25, 0.3) is 0 Å². The first kappa shape index (κ1) is 15.2. The van der Waals surface area contributed by atoms with Crippen LogP contribution in [0.4, 0.5) is 4.79 Å². The molecule has 0 radical (unpaired) electrons. The van der Waals surface area contributed by atoms with E-state index < -0.39 is 12.1 Å². The molecule has 0 aromatic heterocycles. The molecule has 1 amide bonds. The number of carbonyl (C=O) groups excluding carboxylic acids is 2. The molecule has 0 spiro atoms. The van der Waals surface area contributed by atoms with Crippen LogP contribution >= 0.6 is 11.6 Å². The Labute approximate surface area is 100 Å². The highest BCUT2D eigenvalue weighted by atomic mass is 35.5. The number of methoxy groups -OCH3 is 1. The first-order valence-corrected chi connectivity index (χ1v) is 5.70. The Kier molecular flexibility index (Phi) is 8.94. The molecular weight excluding hydrogens is 234 g/mol. The number of ether oxygens (including phenoxy) is 2. The number of nitrogens with one attached hydrogen (secondary N) is 1. The Hall–Kier alpha value is -0.810. The van der Waals surface area contributed by atoms with Crippen molar-refractivity contribution in [1.82, 2.24) is 5.32 Å². The summed E-state index contributed by atoms with van der Waals surface area (Å²) < 4.78 is 9.57. The molecule has 0 aliphatic carbocycles. The first-order chi connectivity index (χ1) is 7.65. The molecule has 16 heavy (non-hydrogen) atoms. The van der Waals surface area contributed by atoms with E-state index in [2.05, 4.69) is 5.32 Å². The van der Waals surface area contributed by atoms with Gasteiger partial charge in [0.05, 0.1) is 18.5 Å². The van der Waals surface area contributed by atoms with Crippen LogP contribution in [0, 0.1) is 0 Å². The second-order valence-corrected chi connectivity index (χ2v) is 3.42. The fourth-order valence-electron chi connectivity index (χ4n) is 1.15. The van der Waals surface area contributed by atoms with Crippen LogP contribution in [0.15, 0.2) is 0 Å². The lowest BCUT2D eigenvalue weighted by Gasteiger charge is -2.15. The van der Waals surface area contributed by atoms with Gasteiger partial charge in [-0.05, 0) is 19.8 Å². The Morgan fingerprint density at radius 2 is 2.12 bits per heavy atom. The van der Waals surface area contributed by atoms with E-state index in [1.165, 1.54) is 0 Å². The second-order valence-electron chi connectivity index (χ2n) is 3.15. The first-order valence-electron chi connectivity index (χ1n) is 5.16. The zero-order chi connectivity index (χ0) is 12.4. The number of alkyl halides is 1. The minimum Gasteiger partial charge on any atom is -0.450 e. The molecular formula is C10H18ClNO4. The standard InChI is InChI=1S/C10H18ClNO4/c1-3-16-10(14)12-8(9(13)7-11)5-4-6-15-2/h8H,3-7H2,1-2H3,(H,12,14). The van der Waals surface area contributed by atoms with Gasteiger partial charge in [0.1, 0.15) is 0 Å². The van der Waals surface area contributed by atoms with Crippen molar-refractivity contribution in [3.63, 3.8) is 0 Å². The van der Waals surface area contributed by atoms with Crippen molar-refractivity contribution in [2.24, 2.45) is 0 Å². The Balaban J connectivity index is 4.09. The fraction of sp³-hybridized carbons (Fsp3) is 0.800. The number of amides is 1. The van der Waals surface area contributed by atoms with E-state index in [9.17, 15) is 9.59 Å².